The molecule has 0 radical (unpaired) electrons. The molecule has 0 atom stereocenters. The molecule has 1 rings (SSSR count). The Labute approximate surface area is 137 Å². The van der Waals surface area contributed by atoms with Gasteiger partial charge in [-0.2, -0.15) is 5.26 Å². The van der Waals surface area contributed by atoms with E-state index in [1.165, 1.54) is 6.42 Å². The average molecular weight is 276 g/mol. The van der Waals surface area contributed by atoms with Gasteiger partial charge in [-0.25, -0.2) is 12.2 Å². The summed E-state index contributed by atoms with van der Waals surface area (Å²) >= 11 is 0. The Hall–Kier alpha value is -2.07. The number of hydrogen-bond acceptors (Lipinski definition) is 4. The van der Waals surface area contributed by atoms with Crippen molar-refractivity contribution in [1.29, 1.82) is 5.26 Å². The van der Waals surface area contributed by atoms with Crippen LogP contribution < -0.4 is 23.8 Å². The molecule has 0 heterocycles. The number of carbonyl (C=O) groups excluding carboxylic acids is 1. The maximum atomic E-state index is 11.1. The van der Waals surface area contributed by atoms with Crippen molar-refractivity contribution in [2.24, 2.45) is 0 Å². The molecule has 4 nitrogen and oxygen atoms in total. The second-order valence-electron chi connectivity index (χ2n) is 3.86. The SMILES string of the molecule is CCOC(=O)[CH-]/C=C/C=C(/C#N)N(C)c1ccccc1.[Li+]. The summed E-state index contributed by atoms with van der Waals surface area (Å²) in [6, 6.07) is 11.7. The molecule has 104 valence electrons. The van der Waals surface area contributed by atoms with Crippen LogP contribution in [-0.2, 0) is 9.53 Å². The first-order valence-corrected chi connectivity index (χ1v) is 6.26. The molecule has 0 saturated carbocycles. The Morgan fingerprint density at radius 3 is 2.67 bits per heavy atom. The number of carbonyl (C=O) groups is 1. The summed E-state index contributed by atoms with van der Waals surface area (Å²) in [6.45, 7) is 2.09. The van der Waals surface area contributed by atoms with Gasteiger partial charge in [0.25, 0.3) is 0 Å². The summed E-state index contributed by atoms with van der Waals surface area (Å²) < 4.78 is 4.75. The number of ether oxygens (including phenoxy) is 1. The van der Waals surface area contributed by atoms with Crippen LogP contribution in [0.2, 0.25) is 0 Å². The fourth-order valence-electron chi connectivity index (χ4n) is 1.49. The molecule has 0 bridgehead atoms. The number of benzene rings is 1. The van der Waals surface area contributed by atoms with Gasteiger partial charge in [-0.05, 0) is 19.1 Å². The summed E-state index contributed by atoms with van der Waals surface area (Å²) in [5.74, 6) is -0.396. The standard InChI is InChI=1S/C16H17N2O2.Li/c1-3-20-16(19)12-8-7-11-15(13-17)18(2)14-9-5-4-6-10-14;/h4-12H,3H2,1-2H3;/q-1;+1/b8-7+,15-11-;. The minimum atomic E-state index is -0.396. The first-order chi connectivity index (χ1) is 9.69. The fraction of sp³-hybridized carbons (Fsp3) is 0.188. The van der Waals surface area contributed by atoms with E-state index in [0.29, 0.717) is 12.3 Å². The zero-order chi connectivity index (χ0) is 14.8. The van der Waals surface area contributed by atoms with Crippen LogP contribution in [0.5, 0.6) is 0 Å². The maximum Gasteiger partial charge on any atom is 1.00 e. The fourth-order valence-corrected chi connectivity index (χ4v) is 1.49. The van der Waals surface area contributed by atoms with E-state index < -0.39 is 5.97 Å². The molecule has 0 unspecified atom stereocenters. The van der Waals surface area contributed by atoms with E-state index in [-0.39, 0.29) is 18.9 Å². The molecular formula is C16H17LiN2O2. The molecule has 1 aromatic carbocycles. The maximum absolute atomic E-state index is 11.1. The van der Waals surface area contributed by atoms with Crippen LogP contribution in [0.3, 0.4) is 0 Å². The van der Waals surface area contributed by atoms with Gasteiger partial charge >= 0.3 is 18.9 Å². The molecule has 0 aliphatic heterocycles. The normalized spacial score (nSPS) is 10.4. The van der Waals surface area contributed by atoms with Crippen LogP contribution in [0, 0.1) is 17.8 Å². The zero-order valence-electron chi connectivity index (χ0n) is 12.6. The van der Waals surface area contributed by atoms with E-state index >= 15 is 0 Å². The summed E-state index contributed by atoms with van der Waals surface area (Å²) in [5.41, 5.74) is 1.40. The Morgan fingerprint density at radius 2 is 2.10 bits per heavy atom. The van der Waals surface area contributed by atoms with Crippen LogP contribution in [0.15, 0.2) is 54.3 Å². The molecule has 0 fully saturated rings. The van der Waals surface area contributed by atoms with Crippen molar-refractivity contribution >= 4 is 11.7 Å². The second-order valence-corrected chi connectivity index (χ2v) is 3.86. The van der Waals surface area contributed by atoms with Crippen molar-refractivity contribution < 1.29 is 28.4 Å². The summed E-state index contributed by atoms with van der Waals surface area (Å²) in [7, 11) is 1.81. The predicted octanol–water partition coefficient (Wildman–Crippen LogP) is -0.142. The summed E-state index contributed by atoms with van der Waals surface area (Å²) in [5, 5.41) is 9.15. The molecule has 0 aromatic heterocycles. The van der Waals surface area contributed by atoms with Crippen molar-refractivity contribution in [3.63, 3.8) is 0 Å². The Kier molecular flexibility index (Phi) is 9.63. The number of allylic oxidation sites excluding steroid dienone is 3. The Balaban J connectivity index is 0.00000400. The van der Waals surface area contributed by atoms with Gasteiger partial charge in [0.15, 0.2) is 0 Å². The predicted molar refractivity (Wildman–Crippen MR) is 78.6 cm³/mol. The largest absolute Gasteiger partial charge is 1.00 e. The van der Waals surface area contributed by atoms with E-state index in [9.17, 15) is 4.79 Å². The van der Waals surface area contributed by atoms with Gasteiger partial charge in [-0.3, -0.25) is 4.79 Å². The molecule has 1 aromatic rings. The number of esters is 1. The zero-order valence-corrected chi connectivity index (χ0v) is 12.6. The van der Waals surface area contributed by atoms with Crippen LogP contribution in [0.25, 0.3) is 0 Å². The van der Waals surface area contributed by atoms with Crippen LogP contribution >= 0.6 is 0 Å². The number of anilines is 1. The second kappa shape index (κ2) is 10.7. The number of para-hydroxylation sites is 1. The third-order valence-electron chi connectivity index (χ3n) is 2.50. The van der Waals surface area contributed by atoms with Gasteiger partial charge in [0.1, 0.15) is 11.8 Å². The van der Waals surface area contributed by atoms with E-state index in [1.807, 2.05) is 37.4 Å². The third kappa shape index (κ3) is 6.77. The van der Waals surface area contributed by atoms with Crippen LogP contribution in [0.4, 0.5) is 5.69 Å². The topological polar surface area (TPSA) is 53.3 Å². The smallest absolute Gasteiger partial charge is 0.476 e. The minimum Gasteiger partial charge on any atom is -0.476 e. The van der Waals surface area contributed by atoms with Gasteiger partial charge in [0, 0.05) is 12.7 Å². The van der Waals surface area contributed by atoms with Crippen molar-refractivity contribution in [3.05, 3.63) is 60.7 Å². The van der Waals surface area contributed by atoms with Crippen LogP contribution in [-0.4, -0.2) is 19.6 Å². The minimum absolute atomic E-state index is 0. The van der Waals surface area contributed by atoms with Gasteiger partial charge in [-0.15, -0.1) is 12.5 Å². The first kappa shape index (κ1) is 18.9. The van der Waals surface area contributed by atoms with E-state index in [4.69, 9.17) is 10.00 Å². The number of hydrogen-bond donors (Lipinski definition) is 0. The number of nitriles is 1. The molecule has 0 N–H and O–H groups in total. The molecule has 0 aliphatic rings. The van der Waals surface area contributed by atoms with Crippen molar-refractivity contribution in [1.82, 2.24) is 0 Å². The molecule has 0 amide bonds. The van der Waals surface area contributed by atoms with E-state index in [2.05, 4.69) is 6.07 Å². The first-order valence-electron chi connectivity index (χ1n) is 6.26. The Bertz CT molecular complexity index is 533. The van der Waals surface area contributed by atoms with Gasteiger partial charge in [-0.1, -0.05) is 18.2 Å². The number of nitrogens with zero attached hydrogens (tertiary/aromatic N) is 2. The quantitative estimate of drug-likeness (QED) is 0.238. The Morgan fingerprint density at radius 1 is 1.43 bits per heavy atom. The van der Waals surface area contributed by atoms with Gasteiger partial charge in [0.05, 0.1) is 6.61 Å². The monoisotopic (exact) mass is 276 g/mol. The van der Waals surface area contributed by atoms with Crippen molar-refractivity contribution in [2.45, 2.75) is 6.92 Å². The third-order valence-corrected chi connectivity index (χ3v) is 2.50. The summed E-state index contributed by atoms with van der Waals surface area (Å²) in [4.78, 5) is 12.9. The summed E-state index contributed by atoms with van der Waals surface area (Å²) in [6.07, 6.45) is 6.14. The molecule has 21 heavy (non-hydrogen) atoms. The van der Waals surface area contributed by atoms with Gasteiger partial charge < -0.3 is 9.64 Å². The van der Waals surface area contributed by atoms with Gasteiger partial charge in [0.2, 0.25) is 5.97 Å². The number of rotatable bonds is 6. The van der Waals surface area contributed by atoms with E-state index in [0.717, 1.165) is 5.69 Å². The molecule has 0 aliphatic carbocycles. The van der Waals surface area contributed by atoms with Crippen LogP contribution in [0.1, 0.15) is 6.92 Å². The van der Waals surface area contributed by atoms with E-state index in [1.54, 1.807) is 30.1 Å². The van der Waals surface area contributed by atoms with Crippen molar-refractivity contribution in [2.75, 3.05) is 18.6 Å². The van der Waals surface area contributed by atoms with Crippen molar-refractivity contribution in [3.8, 4) is 6.07 Å². The average Bonchev–Trinajstić information content (AvgIpc) is 2.48. The molecule has 0 saturated heterocycles. The molecule has 5 heteroatoms. The molecular weight excluding hydrogens is 259 g/mol. The molecule has 0 spiro atoms.